The lowest BCUT2D eigenvalue weighted by molar-refractivity contribution is 0.672. The zero-order valence-electron chi connectivity index (χ0n) is 13.4. The van der Waals surface area contributed by atoms with Crippen molar-refractivity contribution >= 4 is 16.9 Å². The summed E-state index contributed by atoms with van der Waals surface area (Å²) in [7, 11) is 0. The van der Waals surface area contributed by atoms with Gasteiger partial charge in [0, 0.05) is 25.6 Å². The summed E-state index contributed by atoms with van der Waals surface area (Å²) in [6, 6.07) is 0. The highest BCUT2D eigenvalue weighted by Crippen LogP contribution is 2.28. The van der Waals surface area contributed by atoms with Crippen LogP contribution in [0.25, 0.3) is 11.0 Å². The Balaban J connectivity index is 2.79. The smallest absolute Gasteiger partial charge is 0.158 e. The van der Waals surface area contributed by atoms with E-state index in [0.717, 1.165) is 48.0 Å². The van der Waals surface area contributed by atoms with Gasteiger partial charge in [-0.2, -0.15) is 5.10 Å². The van der Waals surface area contributed by atoms with Gasteiger partial charge < -0.3 is 4.90 Å². The maximum atomic E-state index is 4.82. The van der Waals surface area contributed by atoms with Gasteiger partial charge in [0.2, 0.25) is 0 Å². The van der Waals surface area contributed by atoms with Gasteiger partial charge in [-0.1, -0.05) is 13.8 Å². The van der Waals surface area contributed by atoms with Crippen molar-refractivity contribution in [1.82, 2.24) is 19.7 Å². The van der Waals surface area contributed by atoms with Crippen LogP contribution in [0, 0.1) is 6.92 Å². The van der Waals surface area contributed by atoms with Crippen molar-refractivity contribution in [2.75, 3.05) is 18.0 Å². The molecule has 2 aromatic heterocycles. The van der Waals surface area contributed by atoms with Gasteiger partial charge in [0.15, 0.2) is 5.82 Å². The summed E-state index contributed by atoms with van der Waals surface area (Å²) in [6.07, 6.45) is 0. The number of hydrogen-bond donors (Lipinski definition) is 0. The van der Waals surface area contributed by atoms with E-state index in [2.05, 4.69) is 44.6 Å². The first-order valence-electron chi connectivity index (χ1n) is 7.53. The maximum Gasteiger partial charge on any atom is 0.158 e. The van der Waals surface area contributed by atoms with E-state index in [1.54, 1.807) is 0 Å². The number of aryl methyl sites for hydroxylation is 2. The molecule has 0 unspecified atom stereocenters. The highest BCUT2D eigenvalue weighted by Gasteiger charge is 2.19. The molecule has 0 fully saturated rings. The highest BCUT2D eigenvalue weighted by molar-refractivity contribution is 5.88. The van der Waals surface area contributed by atoms with Crippen LogP contribution in [0.2, 0.25) is 0 Å². The second kappa shape index (κ2) is 5.77. The minimum Gasteiger partial charge on any atom is -0.355 e. The van der Waals surface area contributed by atoms with Crippen molar-refractivity contribution in [3.8, 4) is 0 Å². The molecule has 2 rings (SSSR count). The van der Waals surface area contributed by atoms with Gasteiger partial charge in [-0.15, -0.1) is 0 Å². The van der Waals surface area contributed by atoms with Crippen molar-refractivity contribution in [1.29, 1.82) is 0 Å². The topological polar surface area (TPSA) is 46.8 Å². The Kier molecular flexibility index (Phi) is 4.26. The summed E-state index contributed by atoms with van der Waals surface area (Å²) >= 11 is 0. The second-order valence-electron chi connectivity index (χ2n) is 5.33. The monoisotopic (exact) mass is 275 g/mol. The van der Waals surface area contributed by atoms with Crippen molar-refractivity contribution < 1.29 is 0 Å². The predicted molar refractivity (Wildman–Crippen MR) is 83.4 cm³/mol. The molecule has 0 aliphatic heterocycles. The van der Waals surface area contributed by atoms with Crippen molar-refractivity contribution in [3.63, 3.8) is 0 Å². The fourth-order valence-electron chi connectivity index (χ4n) is 2.46. The van der Waals surface area contributed by atoms with E-state index in [4.69, 9.17) is 9.97 Å². The van der Waals surface area contributed by atoms with E-state index >= 15 is 0 Å². The van der Waals surface area contributed by atoms with Gasteiger partial charge in [-0.05, 0) is 27.7 Å². The Labute approximate surface area is 121 Å². The Morgan fingerprint density at radius 1 is 1.10 bits per heavy atom. The molecule has 0 radical (unpaired) electrons. The SMILES string of the molecule is CCN(CC)c1nc(C(C)C)nc2c(C)nn(CC)c12. The molecule has 0 aliphatic rings. The fourth-order valence-corrected chi connectivity index (χ4v) is 2.46. The van der Waals surface area contributed by atoms with E-state index < -0.39 is 0 Å². The zero-order chi connectivity index (χ0) is 14.9. The van der Waals surface area contributed by atoms with Crippen LogP contribution in [-0.2, 0) is 6.54 Å². The van der Waals surface area contributed by atoms with Crippen molar-refractivity contribution in [3.05, 3.63) is 11.5 Å². The maximum absolute atomic E-state index is 4.82. The van der Waals surface area contributed by atoms with Crippen LogP contribution in [0.5, 0.6) is 0 Å². The molecular formula is C15H25N5. The molecule has 20 heavy (non-hydrogen) atoms. The molecule has 2 heterocycles. The zero-order valence-corrected chi connectivity index (χ0v) is 13.4. The quantitative estimate of drug-likeness (QED) is 0.841. The van der Waals surface area contributed by atoms with E-state index in [9.17, 15) is 0 Å². The summed E-state index contributed by atoms with van der Waals surface area (Å²) in [4.78, 5) is 11.8. The lowest BCUT2D eigenvalue weighted by Crippen LogP contribution is -2.24. The first kappa shape index (κ1) is 14.8. The third kappa shape index (κ3) is 2.37. The van der Waals surface area contributed by atoms with Gasteiger partial charge in [0.05, 0.1) is 5.69 Å². The number of rotatable bonds is 5. The molecular weight excluding hydrogens is 250 g/mol. The van der Waals surface area contributed by atoms with E-state index in [-0.39, 0.29) is 0 Å². The number of aromatic nitrogens is 4. The largest absolute Gasteiger partial charge is 0.355 e. The summed E-state index contributed by atoms with van der Waals surface area (Å²) in [5, 5.41) is 4.61. The molecule has 5 heteroatoms. The Morgan fingerprint density at radius 3 is 2.25 bits per heavy atom. The Hall–Kier alpha value is -1.65. The van der Waals surface area contributed by atoms with Crippen LogP contribution in [0.1, 0.15) is 52.1 Å². The average molecular weight is 275 g/mol. The molecule has 0 amide bonds. The van der Waals surface area contributed by atoms with Crippen LogP contribution in [0.15, 0.2) is 0 Å². The average Bonchev–Trinajstić information content (AvgIpc) is 2.77. The van der Waals surface area contributed by atoms with E-state index in [1.165, 1.54) is 0 Å². The summed E-state index contributed by atoms with van der Waals surface area (Å²) in [5.74, 6) is 2.24. The first-order valence-corrected chi connectivity index (χ1v) is 7.53. The molecule has 0 atom stereocenters. The van der Waals surface area contributed by atoms with Gasteiger partial charge in [-0.3, -0.25) is 4.68 Å². The molecule has 110 valence electrons. The van der Waals surface area contributed by atoms with E-state index in [0.29, 0.717) is 5.92 Å². The third-order valence-electron chi connectivity index (χ3n) is 3.63. The van der Waals surface area contributed by atoms with Crippen LogP contribution in [0.3, 0.4) is 0 Å². The number of anilines is 1. The van der Waals surface area contributed by atoms with Crippen molar-refractivity contribution in [2.45, 2.75) is 54.0 Å². The van der Waals surface area contributed by atoms with Crippen molar-refractivity contribution in [2.24, 2.45) is 0 Å². The summed E-state index contributed by atoms with van der Waals surface area (Å²) in [5.41, 5.74) is 3.05. The molecule has 5 nitrogen and oxygen atoms in total. The van der Waals surface area contributed by atoms with Crippen LogP contribution < -0.4 is 4.90 Å². The van der Waals surface area contributed by atoms with Gasteiger partial charge >= 0.3 is 0 Å². The molecule has 0 aromatic carbocycles. The van der Waals surface area contributed by atoms with Crippen LogP contribution in [-0.4, -0.2) is 32.8 Å². The highest BCUT2D eigenvalue weighted by atomic mass is 15.3. The number of fused-ring (bicyclic) bond motifs is 1. The molecule has 0 spiro atoms. The Morgan fingerprint density at radius 2 is 1.75 bits per heavy atom. The second-order valence-corrected chi connectivity index (χ2v) is 5.33. The molecule has 0 bridgehead atoms. The molecule has 2 aromatic rings. The predicted octanol–water partition coefficient (Wildman–Crippen LogP) is 3.12. The fraction of sp³-hybridized carbons (Fsp3) is 0.667. The first-order chi connectivity index (χ1) is 9.53. The van der Waals surface area contributed by atoms with Crippen LogP contribution in [0.4, 0.5) is 5.82 Å². The lowest BCUT2D eigenvalue weighted by atomic mass is 10.2. The van der Waals surface area contributed by atoms with Gasteiger partial charge in [0.1, 0.15) is 16.9 Å². The van der Waals surface area contributed by atoms with E-state index in [1.807, 2.05) is 11.6 Å². The minimum absolute atomic E-state index is 0.318. The Bertz CT molecular complexity index is 596. The summed E-state index contributed by atoms with van der Waals surface area (Å²) < 4.78 is 2.02. The third-order valence-corrected chi connectivity index (χ3v) is 3.63. The van der Waals surface area contributed by atoms with Crippen LogP contribution >= 0.6 is 0 Å². The number of nitrogens with zero attached hydrogens (tertiary/aromatic N) is 5. The molecule has 0 saturated carbocycles. The molecule has 0 aliphatic carbocycles. The molecule has 0 saturated heterocycles. The standard InChI is InChI=1S/C15H25N5/c1-7-19(8-2)15-13-12(11(6)18-20(13)9-3)16-14(17-15)10(4)5/h10H,7-9H2,1-6H3. The molecule has 0 N–H and O–H groups in total. The lowest BCUT2D eigenvalue weighted by Gasteiger charge is -2.22. The normalized spacial score (nSPS) is 11.6. The minimum atomic E-state index is 0.318. The summed E-state index contributed by atoms with van der Waals surface area (Å²) in [6.45, 7) is 15.4. The van der Waals surface area contributed by atoms with Gasteiger partial charge in [0.25, 0.3) is 0 Å². The van der Waals surface area contributed by atoms with Gasteiger partial charge in [-0.25, -0.2) is 9.97 Å². The number of hydrogen-bond acceptors (Lipinski definition) is 4.